The van der Waals surface area contributed by atoms with Gasteiger partial charge >= 0.3 is 0 Å². The van der Waals surface area contributed by atoms with E-state index in [0.29, 0.717) is 48.5 Å². The SMILES string of the molecule is O=C(c1cnc2ccc(F)cc2c1Nc1ccccc1Br)N1CCOCC1. The molecule has 7 heteroatoms. The Bertz CT molecular complexity index is 1010. The van der Waals surface area contributed by atoms with Gasteiger partial charge in [-0.05, 0) is 46.3 Å². The van der Waals surface area contributed by atoms with E-state index in [9.17, 15) is 9.18 Å². The number of carbonyl (C=O) groups excluding carboxylic acids is 1. The van der Waals surface area contributed by atoms with Gasteiger partial charge in [-0.25, -0.2) is 4.39 Å². The number of benzene rings is 2. The summed E-state index contributed by atoms with van der Waals surface area (Å²) >= 11 is 3.51. The highest BCUT2D eigenvalue weighted by molar-refractivity contribution is 9.10. The number of fused-ring (bicyclic) bond motifs is 1. The number of pyridine rings is 1. The molecule has 1 amide bonds. The molecule has 0 unspecified atom stereocenters. The van der Waals surface area contributed by atoms with E-state index < -0.39 is 0 Å². The third kappa shape index (κ3) is 3.65. The summed E-state index contributed by atoms with van der Waals surface area (Å²) in [4.78, 5) is 19.2. The van der Waals surface area contributed by atoms with Gasteiger partial charge in [-0.2, -0.15) is 0 Å². The van der Waals surface area contributed by atoms with Crippen LogP contribution in [0.15, 0.2) is 53.1 Å². The van der Waals surface area contributed by atoms with Gasteiger partial charge in [0, 0.05) is 29.1 Å². The first-order chi connectivity index (χ1) is 13.1. The highest BCUT2D eigenvalue weighted by Gasteiger charge is 2.23. The van der Waals surface area contributed by atoms with Crippen molar-refractivity contribution in [1.29, 1.82) is 0 Å². The molecule has 0 radical (unpaired) electrons. The highest BCUT2D eigenvalue weighted by Crippen LogP contribution is 2.33. The van der Waals surface area contributed by atoms with Crippen LogP contribution in [0, 0.1) is 5.82 Å². The van der Waals surface area contributed by atoms with Gasteiger partial charge in [0.25, 0.3) is 5.91 Å². The van der Waals surface area contributed by atoms with E-state index in [0.717, 1.165) is 10.2 Å². The number of amides is 1. The zero-order valence-corrected chi connectivity index (χ0v) is 16.0. The Morgan fingerprint density at radius 2 is 1.96 bits per heavy atom. The summed E-state index contributed by atoms with van der Waals surface area (Å²) in [5, 5.41) is 3.86. The number of morpholine rings is 1. The quantitative estimate of drug-likeness (QED) is 0.672. The highest BCUT2D eigenvalue weighted by atomic mass is 79.9. The minimum Gasteiger partial charge on any atom is -0.378 e. The van der Waals surface area contributed by atoms with Gasteiger partial charge in [0.05, 0.1) is 35.7 Å². The number of hydrogen-bond donors (Lipinski definition) is 1. The van der Waals surface area contributed by atoms with Crippen LogP contribution in [0.5, 0.6) is 0 Å². The molecule has 5 nitrogen and oxygen atoms in total. The lowest BCUT2D eigenvalue weighted by molar-refractivity contribution is 0.0303. The van der Waals surface area contributed by atoms with Gasteiger partial charge in [-0.3, -0.25) is 9.78 Å². The molecule has 0 aliphatic carbocycles. The predicted octanol–water partition coefficient (Wildman–Crippen LogP) is 4.35. The maximum Gasteiger partial charge on any atom is 0.257 e. The van der Waals surface area contributed by atoms with Crippen molar-refractivity contribution >= 4 is 44.1 Å². The summed E-state index contributed by atoms with van der Waals surface area (Å²) in [6, 6.07) is 12.0. The van der Waals surface area contributed by atoms with E-state index in [4.69, 9.17) is 4.74 Å². The number of nitrogens with zero attached hydrogens (tertiary/aromatic N) is 2. The molecule has 1 N–H and O–H groups in total. The van der Waals surface area contributed by atoms with Gasteiger partial charge in [-0.1, -0.05) is 12.1 Å². The normalized spacial score (nSPS) is 14.4. The number of para-hydroxylation sites is 1. The van der Waals surface area contributed by atoms with Crippen LogP contribution < -0.4 is 5.32 Å². The lowest BCUT2D eigenvalue weighted by Crippen LogP contribution is -2.41. The number of halogens is 2. The summed E-state index contributed by atoms with van der Waals surface area (Å²) < 4.78 is 20.1. The molecule has 2 aromatic carbocycles. The van der Waals surface area contributed by atoms with Crippen molar-refractivity contribution in [2.24, 2.45) is 0 Å². The van der Waals surface area contributed by atoms with E-state index in [1.807, 2.05) is 24.3 Å². The number of aromatic nitrogens is 1. The van der Waals surface area contributed by atoms with Gasteiger partial charge in [0.2, 0.25) is 0 Å². The van der Waals surface area contributed by atoms with Crippen molar-refractivity contribution in [3.05, 3.63) is 64.5 Å². The molecule has 1 aliphatic heterocycles. The second-order valence-corrected chi connectivity index (χ2v) is 7.07. The third-order valence-electron chi connectivity index (χ3n) is 4.49. The minimum atomic E-state index is -0.379. The van der Waals surface area contributed by atoms with Crippen LogP contribution in [-0.2, 0) is 4.74 Å². The van der Waals surface area contributed by atoms with Crippen LogP contribution in [0.3, 0.4) is 0 Å². The Morgan fingerprint density at radius 3 is 2.74 bits per heavy atom. The van der Waals surface area contributed by atoms with Gasteiger partial charge in [0.15, 0.2) is 0 Å². The molecule has 1 aromatic heterocycles. The topological polar surface area (TPSA) is 54.5 Å². The Hall–Kier alpha value is -2.51. The fourth-order valence-electron chi connectivity index (χ4n) is 3.10. The molecule has 1 fully saturated rings. The second kappa shape index (κ2) is 7.62. The number of anilines is 2. The van der Waals surface area contributed by atoms with Crippen molar-refractivity contribution in [1.82, 2.24) is 9.88 Å². The van der Waals surface area contributed by atoms with E-state index >= 15 is 0 Å². The van der Waals surface area contributed by atoms with Crippen LogP contribution in [0.2, 0.25) is 0 Å². The molecular formula is C20H17BrFN3O2. The van der Waals surface area contributed by atoms with Crippen molar-refractivity contribution in [3.63, 3.8) is 0 Å². The number of ether oxygens (including phenoxy) is 1. The third-order valence-corrected chi connectivity index (χ3v) is 5.18. The first-order valence-electron chi connectivity index (χ1n) is 8.60. The van der Waals surface area contributed by atoms with Crippen LogP contribution >= 0.6 is 15.9 Å². The summed E-state index contributed by atoms with van der Waals surface area (Å²) in [5.74, 6) is -0.526. The van der Waals surface area contributed by atoms with Crippen molar-refractivity contribution in [2.45, 2.75) is 0 Å². The average molecular weight is 430 g/mol. The van der Waals surface area contributed by atoms with Gasteiger partial charge in [-0.15, -0.1) is 0 Å². The zero-order chi connectivity index (χ0) is 18.8. The lowest BCUT2D eigenvalue weighted by atomic mass is 10.1. The monoisotopic (exact) mass is 429 g/mol. The fourth-order valence-corrected chi connectivity index (χ4v) is 3.48. The number of hydrogen-bond acceptors (Lipinski definition) is 4. The van der Waals surface area contributed by atoms with Crippen molar-refractivity contribution in [2.75, 3.05) is 31.6 Å². The molecule has 0 spiro atoms. The molecule has 0 bridgehead atoms. The van der Waals surface area contributed by atoms with Gasteiger partial charge in [0.1, 0.15) is 5.82 Å². The van der Waals surface area contributed by atoms with Crippen LogP contribution in [0.4, 0.5) is 15.8 Å². The Labute approximate surface area is 164 Å². The first-order valence-corrected chi connectivity index (χ1v) is 9.39. The molecule has 3 aromatic rings. The molecule has 1 aliphatic rings. The predicted molar refractivity (Wildman–Crippen MR) is 106 cm³/mol. The smallest absolute Gasteiger partial charge is 0.257 e. The molecular weight excluding hydrogens is 413 g/mol. The molecule has 2 heterocycles. The Balaban J connectivity index is 1.85. The summed E-state index contributed by atoms with van der Waals surface area (Å²) in [7, 11) is 0. The molecule has 4 rings (SSSR count). The average Bonchev–Trinajstić information content (AvgIpc) is 2.70. The molecule has 1 saturated heterocycles. The molecule has 0 saturated carbocycles. The van der Waals surface area contributed by atoms with E-state index in [1.165, 1.54) is 12.1 Å². The van der Waals surface area contributed by atoms with Crippen molar-refractivity contribution in [3.8, 4) is 0 Å². The lowest BCUT2D eigenvalue weighted by Gasteiger charge is -2.28. The molecule has 27 heavy (non-hydrogen) atoms. The summed E-state index contributed by atoms with van der Waals surface area (Å²) in [6.07, 6.45) is 1.55. The number of carbonyl (C=O) groups is 1. The van der Waals surface area contributed by atoms with Crippen molar-refractivity contribution < 1.29 is 13.9 Å². The number of rotatable bonds is 3. The molecule has 138 valence electrons. The number of nitrogens with one attached hydrogen (secondary N) is 1. The minimum absolute atomic E-state index is 0.147. The van der Waals surface area contributed by atoms with Crippen LogP contribution in [-0.4, -0.2) is 42.1 Å². The van der Waals surface area contributed by atoms with E-state index in [-0.39, 0.29) is 11.7 Å². The van der Waals surface area contributed by atoms with Crippen LogP contribution in [0.1, 0.15) is 10.4 Å². The Morgan fingerprint density at radius 1 is 1.19 bits per heavy atom. The standard InChI is InChI=1S/C20H17BrFN3O2/c21-16-3-1-2-4-18(16)24-19-14-11-13(22)5-6-17(14)23-12-15(19)20(26)25-7-9-27-10-8-25/h1-6,11-12H,7-10H2,(H,23,24). The summed E-state index contributed by atoms with van der Waals surface area (Å²) in [5.41, 5.74) is 2.35. The maximum absolute atomic E-state index is 13.9. The van der Waals surface area contributed by atoms with Crippen LogP contribution in [0.25, 0.3) is 10.9 Å². The maximum atomic E-state index is 13.9. The van der Waals surface area contributed by atoms with E-state index in [2.05, 4.69) is 26.2 Å². The van der Waals surface area contributed by atoms with Gasteiger partial charge < -0.3 is 15.0 Å². The zero-order valence-electron chi connectivity index (χ0n) is 14.4. The summed E-state index contributed by atoms with van der Waals surface area (Å²) in [6.45, 7) is 2.06. The Kier molecular flexibility index (Phi) is 5.05. The molecule has 0 atom stereocenters. The second-order valence-electron chi connectivity index (χ2n) is 6.22. The largest absolute Gasteiger partial charge is 0.378 e. The fraction of sp³-hybridized carbons (Fsp3) is 0.200. The van der Waals surface area contributed by atoms with E-state index in [1.54, 1.807) is 17.2 Å². The first kappa shape index (κ1) is 17.9.